The highest BCUT2D eigenvalue weighted by Gasteiger charge is 2.11. The van der Waals surface area contributed by atoms with Gasteiger partial charge >= 0.3 is 7.60 Å². The highest BCUT2D eigenvalue weighted by atomic mass is 32.1. The molecule has 0 fully saturated rings. The minimum atomic E-state index is -3.91. The number of hydroxylamine groups is 2. The second-order valence-corrected chi connectivity index (χ2v) is 4.66. The van der Waals surface area contributed by atoms with Crippen LogP contribution in [-0.4, -0.2) is 44.9 Å². The number of hydrogen-bond donors (Lipinski definition) is 4. The molecule has 0 aromatic heterocycles. The van der Waals surface area contributed by atoms with E-state index in [9.17, 15) is 4.57 Å². The molecule has 0 aromatic carbocycles. The maximum atomic E-state index is 10.4. The summed E-state index contributed by atoms with van der Waals surface area (Å²) in [5.41, 5.74) is 0. The van der Waals surface area contributed by atoms with Crippen LogP contribution in [0.15, 0.2) is 0 Å². The maximum Gasteiger partial charge on any atom is 0.325 e. The van der Waals surface area contributed by atoms with E-state index in [1.54, 1.807) is 0 Å². The Bertz CT molecular complexity index is 217. The van der Waals surface area contributed by atoms with Gasteiger partial charge in [-0.3, -0.25) is 9.77 Å². The van der Waals surface area contributed by atoms with E-state index in [1.807, 2.05) is 0 Å². The molecular weight excluding hydrogens is 215 g/mol. The number of rotatable bonds is 4. The van der Waals surface area contributed by atoms with Gasteiger partial charge in [0, 0.05) is 13.6 Å². The first-order chi connectivity index (χ1) is 5.83. The topological polar surface area (TPSA) is 93.0 Å². The van der Waals surface area contributed by atoms with Crippen molar-refractivity contribution in [2.75, 3.05) is 19.8 Å². The summed E-state index contributed by atoms with van der Waals surface area (Å²) in [7, 11) is -2.55. The fourth-order valence-corrected chi connectivity index (χ4v) is 1.27. The highest BCUT2D eigenvalue weighted by Crippen LogP contribution is 2.34. The summed E-state index contributed by atoms with van der Waals surface area (Å²) < 4.78 is 10.4. The molecule has 8 heteroatoms. The van der Waals surface area contributed by atoms with Crippen molar-refractivity contribution in [2.45, 2.75) is 6.42 Å². The zero-order valence-corrected chi connectivity index (χ0v) is 8.88. The first kappa shape index (κ1) is 12.8. The number of hydrogen-bond acceptors (Lipinski definition) is 3. The van der Waals surface area contributed by atoms with Crippen molar-refractivity contribution in [1.29, 1.82) is 0 Å². The van der Waals surface area contributed by atoms with Crippen LogP contribution in [0.3, 0.4) is 0 Å². The molecule has 0 atom stereocenters. The zero-order valence-electron chi connectivity index (χ0n) is 7.17. The summed E-state index contributed by atoms with van der Waals surface area (Å²) in [5.74, 6) is 0. The minimum absolute atomic E-state index is 0.130. The van der Waals surface area contributed by atoms with Gasteiger partial charge in [-0.2, -0.15) is 0 Å². The first-order valence-corrected chi connectivity index (χ1v) is 5.78. The Hall–Kier alpha value is -0.200. The van der Waals surface area contributed by atoms with Crippen LogP contribution in [0.1, 0.15) is 6.42 Å². The van der Waals surface area contributed by atoms with Crippen molar-refractivity contribution in [3.05, 3.63) is 0 Å². The van der Waals surface area contributed by atoms with E-state index >= 15 is 0 Å². The van der Waals surface area contributed by atoms with Gasteiger partial charge in [-0.05, 0) is 18.6 Å². The Kier molecular flexibility index (Phi) is 5.43. The van der Waals surface area contributed by atoms with Gasteiger partial charge in [0.2, 0.25) is 0 Å². The summed E-state index contributed by atoms with van der Waals surface area (Å²) in [6.45, 7) is 0.328. The van der Waals surface area contributed by atoms with Gasteiger partial charge in [0.15, 0.2) is 5.11 Å². The Morgan fingerprint density at radius 3 is 2.54 bits per heavy atom. The largest absolute Gasteiger partial charge is 0.361 e. The standard InChI is InChI=1S/C5H13N2O4PS/c1-7(8)5(13)6-3-2-4-12(9,10)11/h8H,2-4H2,1H3,(H,6,13)(H2,9,10,11). The number of nitrogens with one attached hydrogen (secondary N) is 1. The van der Waals surface area contributed by atoms with Crippen LogP contribution in [0.4, 0.5) is 0 Å². The van der Waals surface area contributed by atoms with Gasteiger partial charge in [0.25, 0.3) is 0 Å². The lowest BCUT2D eigenvalue weighted by Gasteiger charge is -2.13. The monoisotopic (exact) mass is 228 g/mol. The summed E-state index contributed by atoms with van der Waals surface area (Å²) in [5, 5.41) is 12.2. The molecule has 0 aromatic rings. The van der Waals surface area contributed by atoms with E-state index in [4.69, 9.17) is 15.0 Å². The molecule has 0 heterocycles. The SMILES string of the molecule is CN(O)C(=S)NCCCP(=O)(O)O. The zero-order chi connectivity index (χ0) is 10.5. The van der Waals surface area contributed by atoms with Gasteiger partial charge in [-0.25, -0.2) is 5.06 Å². The normalized spacial score (nSPS) is 11.1. The number of thiocarbonyl (C=S) groups is 1. The van der Waals surface area contributed by atoms with Crippen LogP contribution < -0.4 is 5.32 Å². The van der Waals surface area contributed by atoms with Crippen molar-refractivity contribution >= 4 is 24.9 Å². The van der Waals surface area contributed by atoms with E-state index in [-0.39, 0.29) is 11.3 Å². The van der Waals surface area contributed by atoms with Gasteiger partial charge in [0.1, 0.15) is 0 Å². The van der Waals surface area contributed by atoms with Gasteiger partial charge in [-0.15, -0.1) is 0 Å². The molecule has 13 heavy (non-hydrogen) atoms. The molecule has 0 unspecified atom stereocenters. The summed E-state index contributed by atoms with van der Waals surface area (Å²) in [6, 6.07) is 0. The van der Waals surface area contributed by atoms with Crippen LogP contribution in [-0.2, 0) is 4.57 Å². The van der Waals surface area contributed by atoms with Crippen molar-refractivity contribution in [2.24, 2.45) is 0 Å². The predicted octanol–water partition coefficient (Wildman–Crippen LogP) is -0.250. The third kappa shape index (κ3) is 8.14. The van der Waals surface area contributed by atoms with E-state index in [1.165, 1.54) is 7.05 Å². The fourth-order valence-electron chi connectivity index (χ4n) is 0.595. The molecule has 4 N–H and O–H groups in total. The van der Waals surface area contributed by atoms with Crippen molar-refractivity contribution in [3.8, 4) is 0 Å². The van der Waals surface area contributed by atoms with E-state index in [0.29, 0.717) is 13.0 Å². The third-order valence-corrected chi connectivity index (χ3v) is 2.50. The average molecular weight is 228 g/mol. The van der Waals surface area contributed by atoms with Crippen LogP contribution >= 0.6 is 19.8 Å². The maximum absolute atomic E-state index is 10.4. The molecule has 0 saturated carbocycles. The summed E-state index contributed by atoms with van der Waals surface area (Å²) >= 11 is 4.66. The van der Waals surface area contributed by atoms with Crippen LogP contribution in [0.25, 0.3) is 0 Å². The molecule has 0 bridgehead atoms. The van der Waals surface area contributed by atoms with Crippen molar-refractivity contribution < 1.29 is 19.6 Å². The van der Waals surface area contributed by atoms with Crippen LogP contribution in [0.2, 0.25) is 0 Å². The summed E-state index contributed by atoms with van der Waals surface area (Å²) in [4.78, 5) is 17.0. The Morgan fingerprint density at radius 2 is 2.15 bits per heavy atom. The lowest BCUT2D eigenvalue weighted by molar-refractivity contribution is 0.0127. The molecule has 0 aliphatic rings. The van der Waals surface area contributed by atoms with Crippen molar-refractivity contribution in [3.63, 3.8) is 0 Å². The van der Waals surface area contributed by atoms with Crippen LogP contribution in [0.5, 0.6) is 0 Å². The second-order valence-electron chi connectivity index (χ2n) is 2.50. The molecule has 0 spiro atoms. The molecule has 78 valence electrons. The molecular formula is C5H13N2O4PS. The summed E-state index contributed by atoms with van der Waals surface area (Å²) in [6.07, 6.45) is 0.121. The lowest BCUT2D eigenvalue weighted by Crippen LogP contribution is -2.35. The fraction of sp³-hybridized carbons (Fsp3) is 0.800. The van der Waals surface area contributed by atoms with E-state index in [2.05, 4.69) is 17.5 Å². The van der Waals surface area contributed by atoms with Gasteiger partial charge < -0.3 is 15.1 Å². The molecule has 0 aliphatic carbocycles. The van der Waals surface area contributed by atoms with Gasteiger partial charge in [0.05, 0.1) is 6.16 Å². The molecule has 0 amide bonds. The minimum Gasteiger partial charge on any atom is -0.361 e. The Balaban J connectivity index is 3.47. The predicted molar refractivity (Wildman–Crippen MR) is 51.7 cm³/mol. The average Bonchev–Trinajstić information content (AvgIpc) is 1.95. The molecule has 0 aliphatic heterocycles. The number of nitrogens with zero attached hydrogens (tertiary/aromatic N) is 1. The molecule has 0 saturated heterocycles. The lowest BCUT2D eigenvalue weighted by atomic mass is 10.5. The Morgan fingerprint density at radius 1 is 1.62 bits per heavy atom. The molecule has 6 nitrogen and oxygen atoms in total. The smallest absolute Gasteiger partial charge is 0.325 e. The van der Waals surface area contributed by atoms with Gasteiger partial charge in [-0.1, -0.05) is 0 Å². The Labute approximate surface area is 81.7 Å². The molecule has 0 rings (SSSR count). The highest BCUT2D eigenvalue weighted by molar-refractivity contribution is 7.80. The molecule has 0 radical (unpaired) electrons. The van der Waals surface area contributed by atoms with E-state index in [0.717, 1.165) is 5.06 Å². The first-order valence-electron chi connectivity index (χ1n) is 3.58. The van der Waals surface area contributed by atoms with Crippen molar-refractivity contribution in [1.82, 2.24) is 10.4 Å². The third-order valence-electron chi connectivity index (χ3n) is 1.20. The second kappa shape index (κ2) is 5.51. The van der Waals surface area contributed by atoms with Crippen LogP contribution in [0, 0.1) is 0 Å². The quantitative estimate of drug-likeness (QED) is 0.228. The van der Waals surface area contributed by atoms with E-state index < -0.39 is 7.60 Å².